The molecule has 2 heterocycles. The van der Waals surface area contributed by atoms with Gasteiger partial charge in [-0.1, -0.05) is 12.2 Å². The second kappa shape index (κ2) is 4.21. The number of carbonyl (C=O) groups excluding carboxylic acids is 2. The van der Waals surface area contributed by atoms with E-state index < -0.39 is 0 Å². The van der Waals surface area contributed by atoms with E-state index in [1.807, 2.05) is 0 Å². The fourth-order valence-corrected chi connectivity index (χ4v) is 2.13. The van der Waals surface area contributed by atoms with Crippen molar-refractivity contribution in [3.05, 3.63) is 29.6 Å². The van der Waals surface area contributed by atoms with E-state index >= 15 is 0 Å². The van der Waals surface area contributed by atoms with E-state index in [2.05, 4.69) is 4.98 Å². The van der Waals surface area contributed by atoms with Crippen LogP contribution in [0.25, 0.3) is 0 Å². The number of hydrogen-bond acceptors (Lipinski definition) is 4. The van der Waals surface area contributed by atoms with Crippen molar-refractivity contribution in [1.82, 2.24) is 9.88 Å². The Kier molecular flexibility index (Phi) is 2.89. The van der Waals surface area contributed by atoms with Gasteiger partial charge in [-0.15, -0.1) is 0 Å². The first-order valence-electron chi connectivity index (χ1n) is 5.12. The number of imide groups is 1. The zero-order valence-electron chi connectivity index (χ0n) is 9.21. The molecule has 2 rings (SSSR count). The summed E-state index contributed by atoms with van der Waals surface area (Å²) in [4.78, 5) is 29.4. The maximum atomic E-state index is 12.0. The average molecular weight is 249 g/mol. The van der Waals surface area contributed by atoms with Crippen molar-refractivity contribution in [2.45, 2.75) is 19.4 Å². The van der Waals surface area contributed by atoms with Crippen LogP contribution in [-0.4, -0.2) is 32.7 Å². The van der Waals surface area contributed by atoms with Gasteiger partial charge in [0.15, 0.2) is 0 Å². The van der Waals surface area contributed by atoms with Crippen LogP contribution in [0.1, 0.15) is 34.1 Å². The van der Waals surface area contributed by atoms with Gasteiger partial charge in [-0.2, -0.15) is 0 Å². The Balaban J connectivity index is 2.33. The standard InChI is InChI=1S/C11H11N3O2S/c1-6(4-9(12)17)14-10(15)7-2-3-13-5-8(7)11(14)16/h2-3,5-6H,4H2,1H3,(H2,12,17). The summed E-state index contributed by atoms with van der Waals surface area (Å²) in [6, 6.07) is 1.21. The van der Waals surface area contributed by atoms with Crippen molar-refractivity contribution >= 4 is 29.0 Å². The van der Waals surface area contributed by atoms with Crippen molar-refractivity contribution in [2.24, 2.45) is 5.73 Å². The topological polar surface area (TPSA) is 76.3 Å². The zero-order chi connectivity index (χ0) is 12.6. The van der Waals surface area contributed by atoms with Crippen molar-refractivity contribution in [1.29, 1.82) is 0 Å². The minimum Gasteiger partial charge on any atom is -0.393 e. The van der Waals surface area contributed by atoms with Gasteiger partial charge in [0.2, 0.25) is 0 Å². The lowest BCUT2D eigenvalue weighted by molar-refractivity contribution is 0.0601. The van der Waals surface area contributed by atoms with Crippen molar-refractivity contribution in [3.63, 3.8) is 0 Å². The normalized spacial score (nSPS) is 15.9. The van der Waals surface area contributed by atoms with Gasteiger partial charge in [0, 0.05) is 24.9 Å². The molecule has 5 nitrogen and oxygen atoms in total. The summed E-state index contributed by atoms with van der Waals surface area (Å²) in [5.74, 6) is -0.641. The molecule has 0 fully saturated rings. The number of nitrogens with two attached hydrogens (primary N) is 1. The molecule has 0 saturated carbocycles. The second-order valence-corrected chi connectivity index (χ2v) is 4.45. The fraction of sp³-hybridized carbons (Fsp3) is 0.273. The third-order valence-electron chi connectivity index (χ3n) is 2.66. The molecule has 1 aliphatic heterocycles. The minimum absolute atomic E-state index is 0.284. The maximum absolute atomic E-state index is 12.0. The highest BCUT2D eigenvalue weighted by molar-refractivity contribution is 7.80. The molecule has 1 aromatic rings. The van der Waals surface area contributed by atoms with E-state index in [0.29, 0.717) is 17.5 Å². The molecular weight excluding hydrogens is 238 g/mol. The first-order chi connectivity index (χ1) is 8.02. The Labute approximate surface area is 104 Å². The van der Waals surface area contributed by atoms with Crippen LogP contribution in [0.3, 0.4) is 0 Å². The van der Waals surface area contributed by atoms with Gasteiger partial charge in [0.25, 0.3) is 11.8 Å². The highest BCUT2D eigenvalue weighted by Gasteiger charge is 2.38. The maximum Gasteiger partial charge on any atom is 0.263 e. The number of nitrogens with zero attached hydrogens (tertiary/aromatic N) is 2. The largest absolute Gasteiger partial charge is 0.393 e. The number of rotatable bonds is 3. The van der Waals surface area contributed by atoms with Crippen LogP contribution in [0, 0.1) is 0 Å². The molecule has 1 aromatic heterocycles. The van der Waals surface area contributed by atoms with Crippen LogP contribution in [0.15, 0.2) is 18.5 Å². The van der Waals surface area contributed by atoms with Gasteiger partial charge in [-0.3, -0.25) is 19.5 Å². The van der Waals surface area contributed by atoms with Crippen LogP contribution < -0.4 is 5.73 Å². The highest BCUT2D eigenvalue weighted by atomic mass is 32.1. The molecule has 17 heavy (non-hydrogen) atoms. The molecule has 1 aliphatic rings. The fourth-order valence-electron chi connectivity index (χ4n) is 1.89. The van der Waals surface area contributed by atoms with E-state index in [1.165, 1.54) is 17.3 Å². The third-order valence-corrected chi connectivity index (χ3v) is 2.82. The summed E-state index contributed by atoms with van der Waals surface area (Å²) in [5, 5.41) is 0. The number of carbonyl (C=O) groups is 2. The quantitative estimate of drug-likeness (QED) is 0.631. The number of thiocarbonyl (C=S) groups is 1. The van der Waals surface area contributed by atoms with Gasteiger partial charge in [0.1, 0.15) is 0 Å². The summed E-state index contributed by atoms with van der Waals surface area (Å²) in [6.45, 7) is 1.74. The molecule has 0 aromatic carbocycles. The van der Waals surface area contributed by atoms with Crippen molar-refractivity contribution < 1.29 is 9.59 Å². The predicted octanol–water partition coefficient (Wildman–Crippen LogP) is 0.742. The Morgan fingerprint density at radius 3 is 2.71 bits per heavy atom. The molecule has 1 unspecified atom stereocenters. The van der Waals surface area contributed by atoms with Crippen molar-refractivity contribution in [3.8, 4) is 0 Å². The lowest BCUT2D eigenvalue weighted by Gasteiger charge is -2.21. The smallest absolute Gasteiger partial charge is 0.263 e. The molecule has 0 saturated heterocycles. The first kappa shape index (κ1) is 11.7. The first-order valence-corrected chi connectivity index (χ1v) is 5.53. The van der Waals surface area contributed by atoms with E-state index in [4.69, 9.17) is 18.0 Å². The molecule has 0 spiro atoms. The number of fused-ring (bicyclic) bond motifs is 1. The average Bonchev–Trinajstić information content (AvgIpc) is 2.51. The van der Waals surface area contributed by atoms with Gasteiger partial charge < -0.3 is 5.73 Å². The van der Waals surface area contributed by atoms with Gasteiger partial charge in [0.05, 0.1) is 16.1 Å². The Hall–Kier alpha value is -1.82. The van der Waals surface area contributed by atoms with Crippen molar-refractivity contribution in [2.75, 3.05) is 0 Å². The second-order valence-electron chi connectivity index (χ2n) is 3.92. The Morgan fingerprint density at radius 2 is 2.12 bits per heavy atom. The van der Waals surface area contributed by atoms with E-state index in [0.717, 1.165) is 0 Å². The third kappa shape index (κ3) is 1.91. The number of amides is 2. The monoisotopic (exact) mass is 249 g/mol. The summed E-state index contributed by atoms with van der Waals surface area (Å²) >= 11 is 4.79. The van der Waals surface area contributed by atoms with Gasteiger partial charge in [-0.25, -0.2) is 0 Å². The van der Waals surface area contributed by atoms with Crippen LogP contribution in [0.5, 0.6) is 0 Å². The van der Waals surface area contributed by atoms with E-state index in [9.17, 15) is 9.59 Å². The summed E-state index contributed by atoms with van der Waals surface area (Å²) < 4.78 is 0. The molecule has 6 heteroatoms. The highest BCUT2D eigenvalue weighted by Crippen LogP contribution is 2.24. The lowest BCUT2D eigenvalue weighted by atomic mass is 10.2. The molecule has 2 N–H and O–H groups in total. The Morgan fingerprint density at radius 1 is 1.47 bits per heavy atom. The molecule has 88 valence electrons. The molecule has 0 bridgehead atoms. The minimum atomic E-state index is -0.333. The number of hydrogen-bond donors (Lipinski definition) is 1. The van der Waals surface area contributed by atoms with E-state index in [-0.39, 0.29) is 22.8 Å². The van der Waals surface area contributed by atoms with Crippen LogP contribution >= 0.6 is 12.2 Å². The molecule has 0 aliphatic carbocycles. The van der Waals surface area contributed by atoms with Gasteiger partial charge in [-0.05, 0) is 13.0 Å². The van der Waals surface area contributed by atoms with E-state index in [1.54, 1.807) is 13.0 Å². The van der Waals surface area contributed by atoms with Crippen LogP contribution in [0.4, 0.5) is 0 Å². The van der Waals surface area contributed by atoms with Crippen LogP contribution in [-0.2, 0) is 0 Å². The van der Waals surface area contributed by atoms with Crippen LogP contribution in [0.2, 0.25) is 0 Å². The molecule has 0 radical (unpaired) electrons. The number of pyridine rings is 1. The molecule has 1 atom stereocenters. The molecule has 2 amide bonds. The zero-order valence-corrected chi connectivity index (χ0v) is 10.0. The summed E-state index contributed by atoms with van der Waals surface area (Å²) in [6.07, 6.45) is 3.23. The van der Waals surface area contributed by atoms with Gasteiger partial charge >= 0.3 is 0 Å². The lowest BCUT2D eigenvalue weighted by Crippen LogP contribution is -2.39. The Bertz CT molecular complexity index is 480. The summed E-state index contributed by atoms with van der Waals surface area (Å²) in [5.41, 5.74) is 6.16. The molecular formula is C11H11N3O2S. The number of aromatic nitrogens is 1. The predicted molar refractivity (Wildman–Crippen MR) is 65.6 cm³/mol. The SMILES string of the molecule is CC(CC(N)=S)N1C(=O)c2ccncc2C1=O. The summed E-state index contributed by atoms with van der Waals surface area (Å²) in [7, 11) is 0.